The maximum absolute atomic E-state index is 11.3. The van der Waals surface area contributed by atoms with Crippen LogP contribution in [0.1, 0.15) is 13.8 Å². The molecular formula is C13H19N3O3. The molecule has 0 aliphatic rings. The fraction of sp³-hybridized carbons (Fsp3) is 0.385. The number of carbonyl (C=O) groups excluding carboxylic acids is 2. The van der Waals surface area contributed by atoms with Crippen LogP contribution < -0.4 is 16.0 Å². The summed E-state index contributed by atoms with van der Waals surface area (Å²) in [5.41, 5.74) is 7.59. The number of ether oxygens (including phenoxy) is 1. The van der Waals surface area contributed by atoms with Crippen molar-refractivity contribution in [1.82, 2.24) is 0 Å². The standard InChI is InChI=1S/C13H19N3O3/c1-4-16(8-13(18)19-3)10-5-6-11(14)12(7-10)15-9(2)17/h5-7H,4,8,14H2,1-3H3,(H,15,17). The Morgan fingerprint density at radius 3 is 2.63 bits per heavy atom. The van der Waals surface area contributed by atoms with Crippen molar-refractivity contribution < 1.29 is 14.3 Å². The van der Waals surface area contributed by atoms with Crippen molar-refractivity contribution in [3.63, 3.8) is 0 Å². The van der Waals surface area contributed by atoms with Gasteiger partial charge in [0, 0.05) is 19.2 Å². The number of rotatable bonds is 5. The normalized spacial score (nSPS) is 9.84. The summed E-state index contributed by atoms with van der Waals surface area (Å²) >= 11 is 0. The van der Waals surface area contributed by atoms with Crippen LogP contribution >= 0.6 is 0 Å². The number of nitrogens with one attached hydrogen (secondary N) is 1. The SMILES string of the molecule is CCN(CC(=O)OC)c1ccc(N)c(NC(C)=O)c1. The maximum Gasteiger partial charge on any atom is 0.325 e. The van der Waals surface area contributed by atoms with Crippen molar-refractivity contribution in [1.29, 1.82) is 0 Å². The zero-order chi connectivity index (χ0) is 14.4. The van der Waals surface area contributed by atoms with Crippen LogP contribution in [0.15, 0.2) is 18.2 Å². The van der Waals surface area contributed by atoms with Gasteiger partial charge in [0.2, 0.25) is 5.91 Å². The van der Waals surface area contributed by atoms with E-state index in [9.17, 15) is 9.59 Å². The summed E-state index contributed by atoms with van der Waals surface area (Å²) in [5.74, 6) is -0.514. The predicted octanol–water partition coefficient (Wildman–Crippen LogP) is 1.23. The van der Waals surface area contributed by atoms with Gasteiger partial charge in [-0.15, -0.1) is 0 Å². The molecule has 0 saturated heterocycles. The Bertz CT molecular complexity index is 474. The van der Waals surface area contributed by atoms with Crippen molar-refractivity contribution >= 4 is 28.9 Å². The number of esters is 1. The molecule has 0 heterocycles. The van der Waals surface area contributed by atoms with Gasteiger partial charge in [-0.25, -0.2) is 0 Å². The topological polar surface area (TPSA) is 84.7 Å². The molecule has 0 aliphatic carbocycles. The molecule has 6 heteroatoms. The van der Waals surface area contributed by atoms with Crippen molar-refractivity contribution in [2.24, 2.45) is 0 Å². The van der Waals surface area contributed by atoms with Gasteiger partial charge in [-0.1, -0.05) is 0 Å². The second-order valence-electron chi connectivity index (χ2n) is 4.04. The van der Waals surface area contributed by atoms with Gasteiger partial charge in [0.15, 0.2) is 0 Å². The van der Waals surface area contributed by atoms with Crippen LogP contribution in [0.25, 0.3) is 0 Å². The molecule has 0 radical (unpaired) electrons. The lowest BCUT2D eigenvalue weighted by Gasteiger charge is -2.22. The molecule has 104 valence electrons. The van der Waals surface area contributed by atoms with Crippen LogP contribution in [0.2, 0.25) is 0 Å². The van der Waals surface area contributed by atoms with Gasteiger partial charge in [0.05, 0.1) is 18.5 Å². The van der Waals surface area contributed by atoms with E-state index in [4.69, 9.17) is 5.73 Å². The van der Waals surface area contributed by atoms with Gasteiger partial charge in [-0.05, 0) is 25.1 Å². The van der Waals surface area contributed by atoms with Crippen LogP contribution in [0, 0.1) is 0 Å². The number of anilines is 3. The van der Waals surface area contributed by atoms with Crippen LogP contribution in [0.5, 0.6) is 0 Å². The summed E-state index contributed by atoms with van der Waals surface area (Å²) in [6.45, 7) is 4.13. The van der Waals surface area contributed by atoms with E-state index in [2.05, 4.69) is 10.1 Å². The molecule has 19 heavy (non-hydrogen) atoms. The highest BCUT2D eigenvalue weighted by Crippen LogP contribution is 2.25. The van der Waals surface area contributed by atoms with Gasteiger partial charge in [0.1, 0.15) is 6.54 Å². The number of nitrogens with zero attached hydrogens (tertiary/aromatic N) is 1. The minimum absolute atomic E-state index is 0.149. The molecule has 0 aromatic heterocycles. The molecular weight excluding hydrogens is 246 g/mol. The fourth-order valence-corrected chi connectivity index (χ4v) is 1.64. The molecule has 0 bridgehead atoms. The number of nitrogens with two attached hydrogens (primary N) is 1. The number of nitrogen functional groups attached to an aromatic ring is 1. The smallest absolute Gasteiger partial charge is 0.325 e. The number of carbonyl (C=O) groups is 2. The van der Waals surface area contributed by atoms with E-state index in [-0.39, 0.29) is 18.4 Å². The molecule has 3 N–H and O–H groups in total. The summed E-state index contributed by atoms with van der Waals surface area (Å²) in [6, 6.07) is 5.23. The van der Waals surface area contributed by atoms with Crippen LogP contribution in [0.4, 0.5) is 17.1 Å². The lowest BCUT2D eigenvalue weighted by molar-refractivity contribution is -0.139. The summed E-state index contributed by atoms with van der Waals surface area (Å²) in [6.07, 6.45) is 0. The molecule has 0 atom stereocenters. The third-order valence-electron chi connectivity index (χ3n) is 2.64. The molecule has 0 aliphatic heterocycles. The molecule has 0 saturated carbocycles. The van der Waals surface area contributed by atoms with Gasteiger partial charge in [0.25, 0.3) is 0 Å². The molecule has 1 amide bonds. The van der Waals surface area contributed by atoms with Crippen LogP contribution in [0.3, 0.4) is 0 Å². The Morgan fingerprint density at radius 2 is 2.11 bits per heavy atom. The zero-order valence-corrected chi connectivity index (χ0v) is 11.4. The quantitative estimate of drug-likeness (QED) is 0.618. The molecule has 1 aromatic carbocycles. The van der Waals surface area contributed by atoms with Crippen molar-refractivity contribution in [3.8, 4) is 0 Å². The van der Waals surface area contributed by atoms with Crippen LogP contribution in [-0.2, 0) is 14.3 Å². The Kier molecular flexibility index (Phi) is 5.17. The fourth-order valence-electron chi connectivity index (χ4n) is 1.64. The first-order chi connectivity index (χ1) is 8.97. The maximum atomic E-state index is 11.3. The largest absolute Gasteiger partial charge is 0.468 e. The number of hydrogen-bond acceptors (Lipinski definition) is 5. The monoisotopic (exact) mass is 265 g/mol. The number of methoxy groups -OCH3 is 1. The second kappa shape index (κ2) is 6.63. The van der Waals surface area contributed by atoms with Crippen molar-refractivity contribution in [2.75, 3.05) is 36.1 Å². The Balaban J connectivity index is 2.98. The third kappa shape index (κ3) is 4.17. The highest BCUT2D eigenvalue weighted by molar-refractivity contribution is 5.93. The summed E-state index contributed by atoms with van der Waals surface area (Å²) < 4.78 is 4.65. The molecule has 1 aromatic rings. The molecule has 1 rings (SSSR count). The first kappa shape index (κ1) is 14.8. The lowest BCUT2D eigenvalue weighted by Crippen LogP contribution is -2.30. The summed E-state index contributed by atoms with van der Waals surface area (Å²) in [5, 5.41) is 2.65. The predicted molar refractivity (Wildman–Crippen MR) is 75.1 cm³/mol. The number of hydrogen-bond donors (Lipinski definition) is 2. The minimum atomic E-state index is -0.320. The third-order valence-corrected chi connectivity index (χ3v) is 2.64. The number of amides is 1. The summed E-state index contributed by atoms with van der Waals surface area (Å²) in [7, 11) is 1.35. The van der Waals surface area contributed by atoms with E-state index in [1.54, 1.807) is 18.2 Å². The van der Waals surface area contributed by atoms with Crippen molar-refractivity contribution in [3.05, 3.63) is 18.2 Å². The van der Waals surface area contributed by atoms with Gasteiger partial charge in [-0.3, -0.25) is 9.59 Å². The molecule has 0 spiro atoms. The van der Waals surface area contributed by atoms with Gasteiger partial charge >= 0.3 is 5.97 Å². The lowest BCUT2D eigenvalue weighted by atomic mass is 10.2. The molecule has 6 nitrogen and oxygen atoms in total. The molecule has 0 fully saturated rings. The highest BCUT2D eigenvalue weighted by atomic mass is 16.5. The van der Waals surface area contributed by atoms with Gasteiger partial charge in [-0.2, -0.15) is 0 Å². The minimum Gasteiger partial charge on any atom is -0.468 e. The molecule has 0 unspecified atom stereocenters. The van der Waals surface area contributed by atoms with E-state index >= 15 is 0 Å². The number of likely N-dealkylation sites (N-methyl/N-ethyl adjacent to an activating group) is 1. The first-order valence-electron chi connectivity index (χ1n) is 5.96. The van der Waals surface area contributed by atoms with Crippen molar-refractivity contribution in [2.45, 2.75) is 13.8 Å². The van der Waals surface area contributed by atoms with E-state index in [0.717, 1.165) is 5.69 Å². The Hall–Kier alpha value is -2.24. The second-order valence-corrected chi connectivity index (χ2v) is 4.04. The van der Waals surface area contributed by atoms with E-state index in [1.165, 1.54) is 14.0 Å². The average Bonchev–Trinajstić information content (AvgIpc) is 2.37. The van der Waals surface area contributed by atoms with Gasteiger partial charge < -0.3 is 20.7 Å². The van der Waals surface area contributed by atoms with Crippen LogP contribution in [-0.4, -0.2) is 32.1 Å². The highest BCUT2D eigenvalue weighted by Gasteiger charge is 2.12. The van der Waals surface area contributed by atoms with E-state index in [1.807, 2.05) is 11.8 Å². The number of benzene rings is 1. The van der Waals surface area contributed by atoms with E-state index in [0.29, 0.717) is 17.9 Å². The first-order valence-corrected chi connectivity index (χ1v) is 5.96. The Labute approximate surface area is 112 Å². The van der Waals surface area contributed by atoms with E-state index < -0.39 is 0 Å². The summed E-state index contributed by atoms with van der Waals surface area (Å²) in [4.78, 5) is 24.2. The average molecular weight is 265 g/mol. The Morgan fingerprint density at radius 1 is 1.42 bits per heavy atom. The zero-order valence-electron chi connectivity index (χ0n) is 11.4.